The number of hydrogen-bond acceptors (Lipinski definition) is 3. The van der Waals surface area contributed by atoms with Crippen LogP contribution in [0.2, 0.25) is 0 Å². The maximum absolute atomic E-state index is 11.1. The molecule has 0 saturated carbocycles. The lowest BCUT2D eigenvalue weighted by molar-refractivity contribution is 0.213. The summed E-state index contributed by atoms with van der Waals surface area (Å²) in [5.74, 6) is 0.578. The number of hydrogen-bond donors (Lipinski definition) is 1. The molecule has 0 spiro atoms. The Morgan fingerprint density at radius 3 is 1.63 bits per heavy atom. The predicted molar refractivity (Wildman–Crippen MR) is 128 cm³/mol. The van der Waals surface area contributed by atoms with E-state index in [0.29, 0.717) is 5.75 Å². The van der Waals surface area contributed by atoms with Crippen LogP contribution in [0.4, 0.5) is 0 Å². The second kappa shape index (κ2) is 13.4. The zero-order valence-corrected chi connectivity index (χ0v) is 19.6. The van der Waals surface area contributed by atoms with Crippen molar-refractivity contribution < 1.29 is 5.11 Å². The first-order chi connectivity index (χ1) is 14.8. The van der Waals surface area contributed by atoms with Crippen LogP contribution in [-0.2, 0) is 19.5 Å². The standard InChI is InChI=1S/C27H46N2O/c1-2-3-4-5-6-7-10-15-24-20-25(22-28-16-11-8-12-17-28)27(30)26(21-24)23-29-18-13-9-14-19-29/h20-21,30H,2-19,22-23H2,1H3. The zero-order chi connectivity index (χ0) is 21.0. The molecular weight excluding hydrogens is 368 g/mol. The molecule has 0 bridgehead atoms. The molecule has 0 aromatic heterocycles. The monoisotopic (exact) mass is 414 g/mol. The number of aryl methyl sites for hydroxylation is 1. The van der Waals surface area contributed by atoms with Crippen molar-refractivity contribution in [3.8, 4) is 5.75 Å². The van der Waals surface area contributed by atoms with Gasteiger partial charge in [-0.3, -0.25) is 9.80 Å². The van der Waals surface area contributed by atoms with Crippen LogP contribution in [0, 0.1) is 0 Å². The summed E-state index contributed by atoms with van der Waals surface area (Å²) in [7, 11) is 0. The number of phenolic OH excluding ortho intramolecular Hbond substituents is 1. The van der Waals surface area contributed by atoms with Gasteiger partial charge in [0.1, 0.15) is 5.75 Å². The molecule has 2 fully saturated rings. The first-order valence-electron chi connectivity index (χ1n) is 13.0. The minimum Gasteiger partial charge on any atom is -0.507 e. The summed E-state index contributed by atoms with van der Waals surface area (Å²) in [6, 6.07) is 4.64. The Labute approximate surface area is 185 Å². The number of piperidine rings is 2. The van der Waals surface area contributed by atoms with Gasteiger partial charge in [-0.2, -0.15) is 0 Å². The van der Waals surface area contributed by atoms with E-state index < -0.39 is 0 Å². The minimum absolute atomic E-state index is 0.578. The van der Waals surface area contributed by atoms with E-state index in [2.05, 4.69) is 28.9 Å². The van der Waals surface area contributed by atoms with Crippen molar-refractivity contribution >= 4 is 0 Å². The van der Waals surface area contributed by atoms with E-state index in [1.165, 1.54) is 126 Å². The molecule has 1 aromatic rings. The van der Waals surface area contributed by atoms with Gasteiger partial charge in [-0.15, -0.1) is 0 Å². The summed E-state index contributed by atoms with van der Waals surface area (Å²) in [6.45, 7) is 8.86. The number of benzene rings is 1. The predicted octanol–water partition coefficient (Wildman–Crippen LogP) is 6.66. The largest absolute Gasteiger partial charge is 0.507 e. The Hall–Kier alpha value is -1.06. The molecule has 0 radical (unpaired) electrons. The van der Waals surface area contributed by atoms with Crippen LogP contribution in [0.3, 0.4) is 0 Å². The van der Waals surface area contributed by atoms with Crippen molar-refractivity contribution in [2.75, 3.05) is 26.2 Å². The van der Waals surface area contributed by atoms with Crippen molar-refractivity contribution in [2.45, 2.75) is 110 Å². The van der Waals surface area contributed by atoms with Crippen molar-refractivity contribution in [3.05, 3.63) is 28.8 Å². The maximum atomic E-state index is 11.1. The highest BCUT2D eigenvalue weighted by Crippen LogP contribution is 2.30. The molecular formula is C27H46N2O. The van der Waals surface area contributed by atoms with E-state index in [1.54, 1.807) is 0 Å². The fourth-order valence-corrected chi connectivity index (χ4v) is 5.22. The SMILES string of the molecule is CCCCCCCCCc1cc(CN2CCCCC2)c(O)c(CN2CCCCC2)c1. The molecule has 3 nitrogen and oxygen atoms in total. The summed E-state index contributed by atoms with van der Waals surface area (Å²) >= 11 is 0. The third kappa shape index (κ3) is 7.89. The number of phenols is 1. The molecule has 170 valence electrons. The topological polar surface area (TPSA) is 26.7 Å². The lowest BCUT2D eigenvalue weighted by Gasteiger charge is -2.29. The van der Waals surface area contributed by atoms with E-state index >= 15 is 0 Å². The van der Waals surface area contributed by atoms with Gasteiger partial charge >= 0.3 is 0 Å². The molecule has 0 atom stereocenters. The summed E-state index contributed by atoms with van der Waals surface area (Å²) in [6.07, 6.45) is 18.6. The highest BCUT2D eigenvalue weighted by atomic mass is 16.3. The van der Waals surface area contributed by atoms with E-state index in [9.17, 15) is 5.11 Å². The average Bonchev–Trinajstić information content (AvgIpc) is 2.77. The lowest BCUT2D eigenvalue weighted by Crippen LogP contribution is -2.30. The second-order valence-electron chi connectivity index (χ2n) is 9.81. The summed E-state index contributed by atoms with van der Waals surface area (Å²) < 4.78 is 0. The van der Waals surface area contributed by atoms with Crippen LogP contribution in [0.15, 0.2) is 12.1 Å². The first kappa shape index (κ1) is 23.6. The van der Waals surface area contributed by atoms with E-state index in [0.717, 1.165) is 19.5 Å². The second-order valence-corrected chi connectivity index (χ2v) is 9.81. The Kier molecular flexibility index (Phi) is 10.5. The van der Waals surface area contributed by atoms with Crippen LogP contribution in [0.5, 0.6) is 5.75 Å². The van der Waals surface area contributed by atoms with Crippen LogP contribution < -0.4 is 0 Å². The van der Waals surface area contributed by atoms with Gasteiger partial charge in [-0.05, 0) is 70.3 Å². The average molecular weight is 415 g/mol. The lowest BCUT2D eigenvalue weighted by atomic mass is 9.97. The summed E-state index contributed by atoms with van der Waals surface area (Å²) in [5.41, 5.74) is 3.79. The zero-order valence-electron chi connectivity index (χ0n) is 19.6. The Morgan fingerprint density at radius 1 is 0.667 bits per heavy atom. The molecule has 1 aromatic carbocycles. The number of likely N-dealkylation sites (tertiary alicyclic amines) is 2. The molecule has 0 aliphatic carbocycles. The van der Waals surface area contributed by atoms with Crippen molar-refractivity contribution in [1.29, 1.82) is 0 Å². The fourth-order valence-electron chi connectivity index (χ4n) is 5.22. The van der Waals surface area contributed by atoms with Gasteiger partial charge in [0.2, 0.25) is 0 Å². The van der Waals surface area contributed by atoms with Crippen LogP contribution in [0.1, 0.15) is 107 Å². The van der Waals surface area contributed by atoms with Crippen LogP contribution >= 0.6 is 0 Å². The molecule has 2 heterocycles. The quantitative estimate of drug-likeness (QED) is 0.388. The summed E-state index contributed by atoms with van der Waals surface area (Å²) in [4.78, 5) is 5.08. The molecule has 2 aliphatic heterocycles. The Balaban J connectivity index is 1.62. The van der Waals surface area contributed by atoms with E-state index in [1.807, 2.05) is 0 Å². The van der Waals surface area contributed by atoms with Gasteiger partial charge in [-0.25, -0.2) is 0 Å². The van der Waals surface area contributed by atoms with Crippen LogP contribution in [0.25, 0.3) is 0 Å². The van der Waals surface area contributed by atoms with Crippen molar-refractivity contribution in [3.63, 3.8) is 0 Å². The number of nitrogens with zero attached hydrogens (tertiary/aromatic N) is 2. The van der Waals surface area contributed by atoms with E-state index in [4.69, 9.17) is 0 Å². The van der Waals surface area contributed by atoms with Crippen molar-refractivity contribution in [2.24, 2.45) is 0 Å². The van der Waals surface area contributed by atoms with Crippen molar-refractivity contribution in [1.82, 2.24) is 9.80 Å². The normalized spacial score (nSPS) is 18.7. The molecule has 3 heteroatoms. The van der Waals surface area contributed by atoms with Crippen LogP contribution in [-0.4, -0.2) is 41.1 Å². The number of unbranched alkanes of at least 4 members (excludes halogenated alkanes) is 6. The smallest absolute Gasteiger partial charge is 0.124 e. The minimum atomic E-state index is 0.578. The van der Waals surface area contributed by atoms with Gasteiger partial charge in [0.15, 0.2) is 0 Å². The Bertz CT molecular complexity index is 562. The molecule has 3 rings (SSSR count). The molecule has 2 aliphatic rings. The third-order valence-corrected chi connectivity index (χ3v) is 7.08. The molecule has 2 saturated heterocycles. The Morgan fingerprint density at radius 2 is 1.13 bits per heavy atom. The molecule has 1 N–H and O–H groups in total. The van der Waals surface area contributed by atoms with E-state index in [-0.39, 0.29) is 0 Å². The molecule has 30 heavy (non-hydrogen) atoms. The van der Waals surface area contributed by atoms with Gasteiger partial charge in [0.05, 0.1) is 0 Å². The van der Waals surface area contributed by atoms with Gasteiger partial charge in [0.25, 0.3) is 0 Å². The summed E-state index contributed by atoms with van der Waals surface area (Å²) in [5, 5.41) is 11.1. The highest BCUT2D eigenvalue weighted by molar-refractivity contribution is 5.44. The molecule has 0 unspecified atom stereocenters. The maximum Gasteiger partial charge on any atom is 0.124 e. The van der Waals surface area contributed by atoms with Gasteiger partial charge in [-0.1, -0.05) is 70.4 Å². The number of aromatic hydroxyl groups is 1. The molecule has 0 amide bonds. The fraction of sp³-hybridized carbons (Fsp3) is 0.778. The van der Waals surface area contributed by atoms with Gasteiger partial charge < -0.3 is 5.11 Å². The highest BCUT2D eigenvalue weighted by Gasteiger charge is 2.18. The van der Waals surface area contributed by atoms with Gasteiger partial charge in [0, 0.05) is 24.2 Å². The number of rotatable bonds is 12. The first-order valence-corrected chi connectivity index (χ1v) is 13.0. The third-order valence-electron chi connectivity index (χ3n) is 7.08.